The number of aliphatic carboxylic acids is 1. The van der Waals surface area contributed by atoms with Gasteiger partial charge in [-0.3, -0.25) is 4.79 Å². The van der Waals surface area contributed by atoms with Crippen LogP contribution in [-0.4, -0.2) is 23.1 Å². The lowest BCUT2D eigenvalue weighted by Crippen LogP contribution is -2.09. The molecule has 2 aliphatic carbocycles. The van der Waals surface area contributed by atoms with Crippen molar-refractivity contribution in [1.29, 1.82) is 0 Å². The Kier molecular flexibility index (Phi) is 13.8. The number of carboxylic acid groups (broad SMARTS) is 1. The van der Waals surface area contributed by atoms with E-state index in [1.54, 1.807) is 5.57 Å². The van der Waals surface area contributed by atoms with Crippen molar-refractivity contribution < 1.29 is 9.90 Å². The van der Waals surface area contributed by atoms with Gasteiger partial charge in [-0.2, -0.15) is 0 Å². The highest BCUT2D eigenvalue weighted by Crippen LogP contribution is 2.39. The molecule has 0 radical (unpaired) electrons. The summed E-state index contributed by atoms with van der Waals surface area (Å²) in [4.78, 5) is 13.2. The van der Waals surface area contributed by atoms with Crippen LogP contribution in [0.15, 0.2) is 48.7 Å². The van der Waals surface area contributed by atoms with E-state index in [1.807, 2.05) is 33.2 Å². The normalized spacial score (nSPS) is 15.5. The molecule has 2 aromatic rings. The Morgan fingerprint density at radius 3 is 2.09 bits per heavy atom. The number of hydrogen-bond acceptors (Lipinski definition) is 3. The van der Waals surface area contributed by atoms with E-state index in [0.29, 0.717) is 0 Å². The quantitative estimate of drug-likeness (QED) is 0.492. The number of benzene rings is 1. The van der Waals surface area contributed by atoms with Crippen LogP contribution in [0.1, 0.15) is 95.2 Å². The summed E-state index contributed by atoms with van der Waals surface area (Å²) in [6.45, 7) is 9.50. The number of nitrogens with one attached hydrogen (secondary N) is 1. The number of pyridine rings is 1. The third-order valence-electron chi connectivity index (χ3n) is 5.90. The number of rotatable bonds is 4. The van der Waals surface area contributed by atoms with Crippen LogP contribution in [0.4, 0.5) is 5.82 Å². The fourth-order valence-electron chi connectivity index (χ4n) is 4.13. The molecule has 1 aromatic carbocycles. The predicted molar refractivity (Wildman–Crippen MR) is 142 cm³/mol. The lowest BCUT2D eigenvalue weighted by molar-refractivity contribution is -0.134. The van der Waals surface area contributed by atoms with Crippen molar-refractivity contribution in [3.8, 4) is 0 Å². The molecular formula is C29H44N2O2. The number of nitrogens with zero attached hydrogens (tertiary/aromatic N) is 1. The summed E-state index contributed by atoms with van der Waals surface area (Å²) in [6.07, 6.45) is 14.0. The third kappa shape index (κ3) is 10.7. The van der Waals surface area contributed by atoms with Crippen LogP contribution < -0.4 is 5.32 Å². The number of allylic oxidation sites excluding steroid dienone is 2. The van der Waals surface area contributed by atoms with Crippen molar-refractivity contribution in [3.63, 3.8) is 0 Å². The van der Waals surface area contributed by atoms with Crippen LogP contribution in [0, 0.1) is 12.8 Å². The maximum atomic E-state index is 9.00. The van der Waals surface area contributed by atoms with E-state index in [2.05, 4.69) is 60.6 Å². The zero-order valence-corrected chi connectivity index (χ0v) is 21.5. The second kappa shape index (κ2) is 16.1. The maximum absolute atomic E-state index is 9.00. The molecule has 2 N–H and O–H groups in total. The first-order chi connectivity index (χ1) is 16.0. The van der Waals surface area contributed by atoms with Gasteiger partial charge in [0.15, 0.2) is 0 Å². The van der Waals surface area contributed by atoms with Crippen LogP contribution in [0.3, 0.4) is 0 Å². The Labute approximate surface area is 201 Å². The lowest BCUT2D eigenvalue weighted by Gasteiger charge is -2.25. The van der Waals surface area contributed by atoms with Gasteiger partial charge in [-0.25, -0.2) is 4.98 Å². The minimum atomic E-state index is -0.833. The highest BCUT2D eigenvalue weighted by atomic mass is 16.4. The molecule has 2 fully saturated rings. The van der Waals surface area contributed by atoms with Gasteiger partial charge in [0.05, 0.1) is 0 Å². The van der Waals surface area contributed by atoms with E-state index < -0.39 is 5.97 Å². The van der Waals surface area contributed by atoms with Gasteiger partial charge in [-0.05, 0) is 79.7 Å². The van der Waals surface area contributed by atoms with Crippen molar-refractivity contribution in [2.45, 2.75) is 85.5 Å². The Hall–Kier alpha value is -2.62. The topological polar surface area (TPSA) is 62.2 Å². The Bertz CT molecular complexity index is 829. The molecule has 4 nitrogen and oxygen atoms in total. The molecule has 0 atom stereocenters. The van der Waals surface area contributed by atoms with Gasteiger partial charge in [0.25, 0.3) is 5.97 Å². The molecule has 4 rings (SSSR count). The van der Waals surface area contributed by atoms with Gasteiger partial charge in [0, 0.05) is 20.2 Å². The summed E-state index contributed by atoms with van der Waals surface area (Å²) in [5.41, 5.74) is 5.86. The van der Waals surface area contributed by atoms with Crippen LogP contribution in [0.5, 0.6) is 0 Å². The van der Waals surface area contributed by atoms with E-state index in [4.69, 9.17) is 9.90 Å². The molecule has 2 saturated carbocycles. The number of carboxylic acids is 1. The van der Waals surface area contributed by atoms with E-state index >= 15 is 0 Å². The van der Waals surface area contributed by atoms with Gasteiger partial charge in [0.1, 0.15) is 5.82 Å². The summed E-state index contributed by atoms with van der Waals surface area (Å²) in [6, 6.07) is 13.0. The molecule has 0 aliphatic heterocycles. The number of anilines is 1. The second-order valence-corrected chi connectivity index (χ2v) is 8.41. The van der Waals surface area contributed by atoms with Crippen molar-refractivity contribution in [1.82, 2.24) is 4.98 Å². The van der Waals surface area contributed by atoms with Crippen LogP contribution in [0.25, 0.3) is 5.57 Å². The summed E-state index contributed by atoms with van der Waals surface area (Å²) >= 11 is 0. The molecule has 0 bridgehead atoms. The zero-order valence-electron chi connectivity index (χ0n) is 21.5. The Morgan fingerprint density at radius 2 is 1.64 bits per heavy atom. The molecule has 1 aromatic heterocycles. The molecule has 0 saturated heterocycles. The molecule has 0 unspecified atom stereocenters. The fourth-order valence-corrected chi connectivity index (χ4v) is 4.13. The van der Waals surface area contributed by atoms with E-state index in [9.17, 15) is 0 Å². The smallest absolute Gasteiger partial charge is 0.300 e. The van der Waals surface area contributed by atoms with Gasteiger partial charge < -0.3 is 10.4 Å². The SMILES string of the molecule is C/C=C(\c1ccccc1C)C1CCCCC1.CC.CC(=O)O.CNc1ccc(C2CC2)cn1. The summed E-state index contributed by atoms with van der Waals surface area (Å²) in [5.74, 6) is 1.74. The lowest BCUT2D eigenvalue weighted by atomic mass is 9.80. The van der Waals surface area contributed by atoms with Gasteiger partial charge in [-0.1, -0.05) is 69.5 Å². The summed E-state index contributed by atoms with van der Waals surface area (Å²) in [7, 11) is 1.89. The number of aryl methyl sites for hydroxylation is 1. The molecule has 0 amide bonds. The van der Waals surface area contributed by atoms with Gasteiger partial charge >= 0.3 is 0 Å². The monoisotopic (exact) mass is 452 g/mol. The molecule has 33 heavy (non-hydrogen) atoms. The minimum absolute atomic E-state index is 0.805. The zero-order chi connectivity index (χ0) is 24.6. The average Bonchev–Trinajstić information content (AvgIpc) is 3.69. The number of hydrogen-bond donors (Lipinski definition) is 2. The standard InChI is InChI=1S/C16H22.C9H12N2.C2H4O2.C2H6/c1-3-15(14-10-5-4-6-11-14)16-12-8-7-9-13(16)2;1-10-9-5-4-8(6-11-9)7-2-3-7;1-2(3)4;1-2/h3,7-9,12,14H,4-6,10-11H2,1-2H3;4-7H,2-3H2,1H3,(H,10,11);1H3,(H,3,4);1-2H3/b15-3-;;;. The maximum Gasteiger partial charge on any atom is 0.300 e. The largest absolute Gasteiger partial charge is 0.481 e. The first-order valence-corrected chi connectivity index (χ1v) is 12.5. The van der Waals surface area contributed by atoms with E-state index in [0.717, 1.165) is 24.6 Å². The number of carbonyl (C=O) groups is 1. The van der Waals surface area contributed by atoms with Crippen LogP contribution >= 0.6 is 0 Å². The molecule has 0 spiro atoms. The van der Waals surface area contributed by atoms with Crippen molar-refractivity contribution in [3.05, 3.63) is 65.4 Å². The first-order valence-electron chi connectivity index (χ1n) is 12.5. The number of aromatic nitrogens is 1. The van der Waals surface area contributed by atoms with Gasteiger partial charge in [-0.15, -0.1) is 0 Å². The molecule has 4 heteroatoms. The highest BCUT2D eigenvalue weighted by Gasteiger charge is 2.23. The van der Waals surface area contributed by atoms with Crippen molar-refractivity contribution in [2.24, 2.45) is 5.92 Å². The van der Waals surface area contributed by atoms with Crippen LogP contribution in [0.2, 0.25) is 0 Å². The first kappa shape index (κ1) is 28.4. The second-order valence-electron chi connectivity index (χ2n) is 8.41. The molecule has 1 heterocycles. The predicted octanol–water partition coefficient (Wildman–Crippen LogP) is 8.10. The Balaban J connectivity index is 0.000000277. The van der Waals surface area contributed by atoms with Gasteiger partial charge in [0.2, 0.25) is 0 Å². The van der Waals surface area contributed by atoms with Crippen molar-refractivity contribution in [2.75, 3.05) is 12.4 Å². The van der Waals surface area contributed by atoms with E-state index in [1.165, 1.54) is 61.6 Å². The highest BCUT2D eigenvalue weighted by molar-refractivity contribution is 5.69. The molecule has 2 aliphatic rings. The fraction of sp³-hybridized carbons (Fsp3) is 0.517. The van der Waals surface area contributed by atoms with Crippen LogP contribution in [-0.2, 0) is 4.79 Å². The van der Waals surface area contributed by atoms with Crippen molar-refractivity contribution >= 4 is 17.4 Å². The minimum Gasteiger partial charge on any atom is -0.481 e. The molecule has 182 valence electrons. The van der Waals surface area contributed by atoms with E-state index in [-0.39, 0.29) is 0 Å². The molecular weight excluding hydrogens is 408 g/mol. The Morgan fingerprint density at radius 1 is 1.03 bits per heavy atom. The average molecular weight is 453 g/mol. The third-order valence-corrected chi connectivity index (χ3v) is 5.90. The summed E-state index contributed by atoms with van der Waals surface area (Å²) < 4.78 is 0. The summed E-state index contributed by atoms with van der Waals surface area (Å²) in [5, 5.41) is 10.4.